The van der Waals surface area contributed by atoms with Crippen molar-refractivity contribution in [3.63, 3.8) is 0 Å². The van der Waals surface area contributed by atoms with E-state index in [1.807, 2.05) is 73.7 Å². The van der Waals surface area contributed by atoms with Crippen molar-refractivity contribution in [2.24, 2.45) is 0 Å². The molecule has 0 spiro atoms. The molecule has 1 amide bonds. The van der Waals surface area contributed by atoms with Crippen molar-refractivity contribution in [1.82, 2.24) is 14.8 Å². The lowest BCUT2D eigenvalue weighted by Gasteiger charge is -2.13. The maximum Gasteiger partial charge on any atom is 0.259 e. The fourth-order valence-corrected chi connectivity index (χ4v) is 3.70. The van der Waals surface area contributed by atoms with Gasteiger partial charge in [0.1, 0.15) is 5.75 Å². The number of rotatable bonds is 5. The molecule has 1 N–H and O–H groups in total. The van der Waals surface area contributed by atoms with Crippen LogP contribution >= 0.6 is 11.6 Å². The third-order valence-corrected chi connectivity index (χ3v) is 5.45. The first kappa shape index (κ1) is 20.7. The summed E-state index contributed by atoms with van der Waals surface area (Å²) < 4.78 is 7.60. The predicted molar refractivity (Wildman–Crippen MR) is 130 cm³/mol. The Labute approximate surface area is 195 Å². The van der Waals surface area contributed by atoms with E-state index in [0.29, 0.717) is 39.3 Å². The van der Waals surface area contributed by atoms with Crippen LogP contribution in [0.2, 0.25) is 5.02 Å². The number of benzene rings is 3. The molecule has 0 saturated heterocycles. The van der Waals surface area contributed by atoms with Crippen molar-refractivity contribution in [3.05, 3.63) is 107 Å². The number of amides is 1. The molecule has 0 aliphatic heterocycles. The van der Waals surface area contributed by atoms with Crippen LogP contribution in [0.4, 0.5) is 5.69 Å². The second-order valence-electron chi connectivity index (χ2n) is 7.43. The molecule has 33 heavy (non-hydrogen) atoms. The Morgan fingerprint density at radius 1 is 0.970 bits per heavy atom. The number of pyridine rings is 1. The molecule has 5 aromatic rings. The van der Waals surface area contributed by atoms with E-state index >= 15 is 0 Å². The maximum absolute atomic E-state index is 13.1. The molecule has 162 valence electrons. The van der Waals surface area contributed by atoms with E-state index in [0.717, 1.165) is 10.9 Å². The van der Waals surface area contributed by atoms with Gasteiger partial charge in [-0.25, -0.2) is 9.67 Å². The number of carbonyl (C=O) groups is 1. The molecule has 5 rings (SSSR count). The van der Waals surface area contributed by atoms with Crippen molar-refractivity contribution < 1.29 is 9.53 Å². The van der Waals surface area contributed by atoms with Gasteiger partial charge in [-0.2, -0.15) is 5.10 Å². The molecule has 0 fully saturated rings. The van der Waals surface area contributed by atoms with Gasteiger partial charge in [-0.05, 0) is 55.5 Å². The highest BCUT2D eigenvalue weighted by molar-refractivity contribution is 6.31. The average Bonchev–Trinajstić information content (AvgIpc) is 3.22. The zero-order chi connectivity index (χ0) is 22.8. The summed E-state index contributed by atoms with van der Waals surface area (Å²) in [6, 6.07) is 26.1. The summed E-state index contributed by atoms with van der Waals surface area (Å²) in [5.74, 6) is 1.46. The number of ether oxygens (including phenoxy) is 1. The monoisotopic (exact) mass is 454 g/mol. The topological polar surface area (TPSA) is 69.0 Å². The lowest BCUT2D eigenvalue weighted by molar-refractivity contribution is 0.102. The zero-order valence-electron chi connectivity index (χ0n) is 17.7. The first-order valence-corrected chi connectivity index (χ1v) is 10.7. The van der Waals surface area contributed by atoms with Gasteiger partial charge in [0.15, 0.2) is 11.6 Å². The fourth-order valence-electron chi connectivity index (χ4n) is 3.53. The van der Waals surface area contributed by atoms with Crippen LogP contribution in [0.15, 0.2) is 91.1 Å². The van der Waals surface area contributed by atoms with E-state index in [1.54, 1.807) is 22.9 Å². The van der Waals surface area contributed by atoms with Crippen molar-refractivity contribution in [3.8, 4) is 17.3 Å². The highest BCUT2D eigenvalue weighted by Crippen LogP contribution is 2.32. The van der Waals surface area contributed by atoms with E-state index in [-0.39, 0.29) is 5.91 Å². The van der Waals surface area contributed by atoms with Crippen LogP contribution in [0, 0.1) is 6.92 Å². The summed E-state index contributed by atoms with van der Waals surface area (Å²) in [5, 5.41) is 8.82. The summed E-state index contributed by atoms with van der Waals surface area (Å²) in [4.78, 5) is 17.8. The third-order valence-electron chi connectivity index (χ3n) is 5.22. The predicted octanol–water partition coefficient (Wildman–Crippen LogP) is 6.43. The number of halogens is 1. The Balaban J connectivity index is 1.43. The zero-order valence-corrected chi connectivity index (χ0v) is 18.5. The summed E-state index contributed by atoms with van der Waals surface area (Å²) in [5.41, 5.74) is 2.42. The van der Waals surface area contributed by atoms with E-state index < -0.39 is 0 Å². The first-order valence-electron chi connectivity index (χ1n) is 10.3. The average molecular weight is 455 g/mol. The van der Waals surface area contributed by atoms with E-state index in [2.05, 4.69) is 15.4 Å². The second kappa shape index (κ2) is 8.76. The number of hydrogen-bond donors (Lipinski definition) is 1. The Bertz CT molecular complexity index is 1460. The molecule has 0 aliphatic rings. The van der Waals surface area contributed by atoms with Crippen LogP contribution in [0.1, 0.15) is 16.1 Å². The molecule has 0 unspecified atom stereocenters. The molecule has 0 aliphatic carbocycles. The second-order valence-corrected chi connectivity index (χ2v) is 7.86. The van der Waals surface area contributed by atoms with Gasteiger partial charge in [0, 0.05) is 10.4 Å². The molecule has 0 saturated carbocycles. The Kier molecular flexibility index (Phi) is 5.50. The van der Waals surface area contributed by atoms with Gasteiger partial charge in [0.2, 0.25) is 0 Å². The Hall–Kier alpha value is -4.16. The number of hydrogen-bond acceptors (Lipinski definition) is 4. The SMILES string of the molecule is Cc1c(C(=O)Nc2cc(Cl)ccc2Oc2ccccc2)cnn1-c1ccc2ccccc2n1. The van der Waals surface area contributed by atoms with Crippen LogP contribution in [-0.2, 0) is 0 Å². The number of nitrogens with zero attached hydrogens (tertiary/aromatic N) is 3. The third kappa shape index (κ3) is 4.29. The van der Waals surface area contributed by atoms with Crippen LogP contribution in [0.5, 0.6) is 11.5 Å². The quantitative estimate of drug-likeness (QED) is 0.332. The minimum absolute atomic E-state index is 0.320. The normalized spacial score (nSPS) is 10.8. The van der Waals surface area contributed by atoms with Gasteiger partial charge in [-0.1, -0.05) is 48.0 Å². The Morgan fingerprint density at radius 2 is 1.76 bits per heavy atom. The molecule has 2 aromatic heterocycles. The van der Waals surface area contributed by atoms with Crippen LogP contribution in [0.3, 0.4) is 0 Å². The molecule has 0 radical (unpaired) electrons. The minimum atomic E-state index is -0.320. The summed E-state index contributed by atoms with van der Waals surface area (Å²) in [7, 11) is 0. The molecule has 0 bridgehead atoms. The number of carbonyl (C=O) groups excluding carboxylic acids is 1. The highest BCUT2D eigenvalue weighted by Gasteiger charge is 2.18. The summed E-state index contributed by atoms with van der Waals surface area (Å²) in [6.45, 7) is 1.83. The minimum Gasteiger partial charge on any atom is -0.455 e. The number of anilines is 1. The summed E-state index contributed by atoms with van der Waals surface area (Å²) in [6.07, 6.45) is 1.53. The van der Waals surface area contributed by atoms with Gasteiger partial charge in [0.25, 0.3) is 5.91 Å². The van der Waals surface area contributed by atoms with Gasteiger partial charge >= 0.3 is 0 Å². The number of aromatic nitrogens is 3. The molecular formula is C26H19ClN4O2. The van der Waals surface area contributed by atoms with Gasteiger partial charge in [-0.3, -0.25) is 4.79 Å². The Morgan fingerprint density at radius 3 is 2.61 bits per heavy atom. The smallest absolute Gasteiger partial charge is 0.259 e. The molecule has 2 heterocycles. The lowest BCUT2D eigenvalue weighted by atomic mass is 10.2. The van der Waals surface area contributed by atoms with Gasteiger partial charge < -0.3 is 10.1 Å². The molecular weight excluding hydrogens is 436 g/mol. The van der Waals surface area contributed by atoms with E-state index in [4.69, 9.17) is 16.3 Å². The molecule has 7 heteroatoms. The number of fused-ring (bicyclic) bond motifs is 1. The number of para-hydroxylation sites is 2. The maximum atomic E-state index is 13.1. The largest absolute Gasteiger partial charge is 0.455 e. The lowest BCUT2D eigenvalue weighted by Crippen LogP contribution is -2.14. The van der Waals surface area contributed by atoms with E-state index in [9.17, 15) is 4.79 Å². The van der Waals surface area contributed by atoms with Crippen LogP contribution < -0.4 is 10.1 Å². The van der Waals surface area contributed by atoms with Crippen molar-refractivity contribution in [1.29, 1.82) is 0 Å². The van der Waals surface area contributed by atoms with Gasteiger partial charge in [0.05, 0.1) is 28.7 Å². The van der Waals surface area contributed by atoms with Crippen molar-refractivity contribution in [2.45, 2.75) is 6.92 Å². The van der Waals surface area contributed by atoms with Crippen molar-refractivity contribution >= 4 is 34.1 Å². The highest BCUT2D eigenvalue weighted by atomic mass is 35.5. The fraction of sp³-hybridized carbons (Fsp3) is 0.0385. The number of nitrogens with one attached hydrogen (secondary N) is 1. The van der Waals surface area contributed by atoms with Crippen LogP contribution in [-0.4, -0.2) is 20.7 Å². The molecule has 3 aromatic carbocycles. The van der Waals surface area contributed by atoms with Gasteiger partial charge in [-0.15, -0.1) is 0 Å². The molecule has 6 nitrogen and oxygen atoms in total. The standard InChI is InChI=1S/C26H19ClN4O2/c1-17-21(16-28-31(17)25-14-11-18-7-5-6-10-22(18)29-25)26(32)30-23-15-19(27)12-13-24(23)33-20-8-3-2-4-9-20/h2-16H,1H3,(H,30,32). The van der Waals surface area contributed by atoms with Crippen molar-refractivity contribution in [2.75, 3.05) is 5.32 Å². The van der Waals surface area contributed by atoms with E-state index in [1.165, 1.54) is 6.20 Å². The van der Waals surface area contributed by atoms with Crippen LogP contribution in [0.25, 0.3) is 16.7 Å². The first-order chi connectivity index (χ1) is 16.1. The molecule has 0 atom stereocenters. The summed E-state index contributed by atoms with van der Waals surface area (Å²) >= 11 is 6.18.